The van der Waals surface area contributed by atoms with Gasteiger partial charge in [-0.05, 0) is 66.3 Å². The van der Waals surface area contributed by atoms with E-state index in [-0.39, 0.29) is 19.1 Å². The summed E-state index contributed by atoms with van der Waals surface area (Å²) in [5, 5.41) is 7.19. The zero-order chi connectivity index (χ0) is 27.5. The number of rotatable bonds is 11. The average molecular weight is 542 g/mol. The molecule has 1 aliphatic rings. The fraction of sp³-hybridized carbons (Fsp3) is 0.345. The molecular formula is C29H30F3N3O4. The number of nitrogens with zero attached hydrogens (tertiary/aromatic N) is 2. The number of aromatic nitrogens is 1. The minimum atomic E-state index is -4.39. The van der Waals surface area contributed by atoms with Gasteiger partial charge in [0, 0.05) is 44.1 Å². The van der Waals surface area contributed by atoms with E-state index in [0.29, 0.717) is 35.9 Å². The van der Waals surface area contributed by atoms with Crippen molar-refractivity contribution in [3.63, 3.8) is 0 Å². The van der Waals surface area contributed by atoms with Crippen LogP contribution in [-0.2, 0) is 33.6 Å². The Kier molecular flexibility index (Phi) is 9.91. The van der Waals surface area contributed by atoms with Crippen LogP contribution in [0, 0.1) is 5.92 Å². The first-order valence-electron chi connectivity index (χ1n) is 12.7. The number of amides is 1. The van der Waals surface area contributed by atoms with E-state index >= 15 is 0 Å². The smallest absolute Gasteiger partial charge is 0.416 e. The van der Waals surface area contributed by atoms with Crippen molar-refractivity contribution in [1.29, 1.82) is 0 Å². The van der Waals surface area contributed by atoms with Crippen molar-refractivity contribution >= 4 is 11.6 Å². The van der Waals surface area contributed by atoms with Crippen molar-refractivity contribution in [3.05, 3.63) is 95.3 Å². The molecule has 7 nitrogen and oxygen atoms in total. The van der Waals surface area contributed by atoms with Crippen molar-refractivity contribution in [1.82, 2.24) is 10.3 Å². The van der Waals surface area contributed by atoms with Gasteiger partial charge < -0.3 is 19.6 Å². The van der Waals surface area contributed by atoms with Crippen LogP contribution >= 0.6 is 0 Å². The number of hydrogen-bond donors (Lipinski definition) is 1. The summed E-state index contributed by atoms with van der Waals surface area (Å²) in [6.07, 6.45) is 1.24. The highest BCUT2D eigenvalue weighted by atomic mass is 19.4. The number of benzene rings is 2. The van der Waals surface area contributed by atoms with Crippen LogP contribution in [0.15, 0.2) is 78.2 Å². The number of oxime groups is 1. The Hall–Kier alpha value is -3.92. The highest BCUT2D eigenvalue weighted by molar-refractivity contribution is 6.01. The van der Waals surface area contributed by atoms with Crippen LogP contribution < -0.4 is 10.1 Å². The van der Waals surface area contributed by atoms with E-state index in [9.17, 15) is 18.0 Å². The summed E-state index contributed by atoms with van der Waals surface area (Å²) in [6, 6.07) is 15.7. The number of nitrogens with one attached hydrogen (secondary N) is 1. The van der Waals surface area contributed by atoms with E-state index in [0.717, 1.165) is 49.3 Å². The monoisotopic (exact) mass is 541 g/mol. The van der Waals surface area contributed by atoms with Crippen molar-refractivity contribution in [2.75, 3.05) is 26.4 Å². The first-order chi connectivity index (χ1) is 18.9. The Balaban J connectivity index is 1.31. The molecule has 0 radical (unpaired) electrons. The Labute approximate surface area is 225 Å². The minimum Gasteiger partial charge on any atom is -0.484 e. The Morgan fingerprint density at radius 1 is 0.974 bits per heavy atom. The van der Waals surface area contributed by atoms with E-state index in [2.05, 4.69) is 15.5 Å². The third-order valence-electron chi connectivity index (χ3n) is 6.29. The molecule has 1 amide bonds. The first kappa shape index (κ1) is 28.1. The molecule has 1 aromatic heterocycles. The Morgan fingerprint density at radius 2 is 1.64 bits per heavy atom. The molecule has 1 aliphatic heterocycles. The summed E-state index contributed by atoms with van der Waals surface area (Å²) in [5.41, 5.74) is 2.22. The lowest BCUT2D eigenvalue weighted by molar-refractivity contribution is -0.137. The molecule has 1 N–H and O–H groups in total. The molecule has 10 heteroatoms. The molecular weight excluding hydrogens is 511 g/mol. The summed E-state index contributed by atoms with van der Waals surface area (Å²) in [6.45, 7) is 2.06. The summed E-state index contributed by atoms with van der Waals surface area (Å²) in [4.78, 5) is 21.7. The van der Waals surface area contributed by atoms with Crippen LogP contribution in [0.3, 0.4) is 0 Å². The number of alkyl halides is 3. The Morgan fingerprint density at radius 3 is 2.31 bits per heavy atom. The van der Waals surface area contributed by atoms with Gasteiger partial charge in [-0.1, -0.05) is 29.4 Å². The summed E-state index contributed by atoms with van der Waals surface area (Å²) in [5.74, 6) is 0.848. The fourth-order valence-electron chi connectivity index (χ4n) is 4.01. The van der Waals surface area contributed by atoms with Crippen LogP contribution in [0.5, 0.6) is 5.75 Å². The molecule has 0 spiro atoms. The van der Waals surface area contributed by atoms with Crippen LogP contribution in [0.2, 0.25) is 0 Å². The molecule has 0 unspecified atom stereocenters. The summed E-state index contributed by atoms with van der Waals surface area (Å²) >= 11 is 0. The second-order valence-corrected chi connectivity index (χ2v) is 9.21. The topological polar surface area (TPSA) is 82.0 Å². The predicted molar refractivity (Wildman–Crippen MR) is 139 cm³/mol. The van der Waals surface area contributed by atoms with Crippen LogP contribution in [0.4, 0.5) is 13.2 Å². The van der Waals surface area contributed by atoms with E-state index in [1.807, 2.05) is 12.1 Å². The maximum Gasteiger partial charge on any atom is 0.416 e. The minimum absolute atomic E-state index is 0.0239. The van der Waals surface area contributed by atoms with Gasteiger partial charge >= 0.3 is 6.18 Å². The molecule has 206 valence electrons. The normalized spacial score (nSPS) is 14.6. The van der Waals surface area contributed by atoms with E-state index < -0.39 is 11.7 Å². The average Bonchev–Trinajstić information content (AvgIpc) is 2.96. The lowest BCUT2D eigenvalue weighted by Crippen LogP contribution is -2.35. The highest BCUT2D eigenvalue weighted by Crippen LogP contribution is 2.29. The number of ether oxygens (including phenoxy) is 2. The van der Waals surface area contributed by atoms with Gasteiger partial charge in [0.2, 0.25) is 0 Å². The third-order valence-corrected chi connectivity index (χ3v) is 6.29. The van der Waals surface area contributed by atoms with Gasteiger partial charge in [0.1, 0.15) is 12.4 Å². The molecule has 39 heavy (non-hydrogen) atoms. The van der Waals surface area contributed by atoms with Crippen molar-refractivity contribution in [3.8, 4) is 5.75 Å². The molecule has 4 rings (SSSR count). The molecule has 1 fully saturated rings. The zero-order valence-corrected chi connectivity index (χ0v) is 21.3. The summed E-state index contributed by atoms with van der Waals surface area (Å²) in [7, 11) is 0. The van der Waals surface area contributed by atoms with Crippen LogP contribution in [0.25, 0.3) is 0 Å². The Bertz CT molecular complexity index is 1210. The molecule has 0 saturated carbocycles. The lowest BCUT2D eigenvalue weighted by Gasteiger charge is -2.22. The molecule has 0 bridgehead atoms. The number of pyridine rings is 1. The van der Waals surface area contributed by atoms with E-state index in [1.54, 1.807) is 36.7 Å². The predicted octanol–water partition coefficient (Wildman–Crippen LogP) is 5.19. The van der Waals surface area contributed by atoms with Gasteiger partial charge in [0.25, 0.3) is 5.91 Å². The molecule has 3 aromatic rings. The van der Waals surface area contributed by atoms with Crippen molar-refractivity contribution in [2.24, 2.45) is 11.1 Å². The fourth-order valence-corrected chi connectivity index (χ4v) is 4.01. The SMILES string of the molecule is O=C(COc1ccc(CC(=NOCc2ccc(C(F)(F)F)cc2)c2ccncc2)cc1)NCC1CCOCC1. The summed E-state index contributed by atoms with van der Waals surface area (Å²) < 4.78 is 49.3. The second kappa shape index (κ2) is 13.7. The molecule has 2 aromatic carbocycles. The van der Waals surface area contributed by atoms with Gasteiger partial charge in [-0.2, -0.15) is 13.2 Å². The van der Waals surface area contributed by atoms with Crippen molar-refractivity contribution in [2.45, 2.75) is 32.0 Å². The van der Waals surface area contributed by atoms with Gasteiger partial charge in [-0.15, -0.1) is 0 Å². The van der Waals surface area contributed by atoms with Gasteiger partial charge in [0.05, 0.1) is 11.3 Å². The largest absolute Gasteiger partial charge is 0.484 e. The number of halogens is 3. The number of carbonyl (C=O) groups excluding carboxylic acids is 1. The van der Waals surface area contributed by atoms with Crippen molar-refractivity contribution < 1.29 is 32.3 Å². The first-order valence-corrected chi connectivity index (χ1v) is 12.7. The maximum absolute atomic E-state index is 12.8. The quantitative estimate of drug-likeness (QED) is 0.267. The third kappa shape index (κ3) is 9.10. The van der Waals surface area contributed by atoms with E-state index in [4.69, 9.17) is 14.3 Å². The van der Waals surface area contributed by atoms with E-state index in [1.165, 1.54) is 12.1 Å². The van der Waals surface area contributed by atoms with Gasteiger partial charge in [-0.3, -0.25) is 9.78 Å². The van der Waals surface area contributed by atoms with Crippen LogP contribution in [-0.4, -0.2) is 43.0 Å². The van der Waals surface area contributed by atoms with Crippen LogP contribution in [0.1, 0.15) is 35.1 Å². The molecule has 1 saturated heterocycles. The molecule has 2 heterocycles. The lowest BCUT2D eigenvalue weighted by atomic mass is 10.0. The van der Waals surface area contributed by atoms with Gasteiger partial charge in [-0.25, -0.2) is 0 Å². The maximum atomic E-state index is 12.8. The second-order valence-electron chi connectivity index (χ2n) is 9.21. The zero-order valence-electron chi connectivity index (χ0n) is 21.3. The molecule has 0 atom stereocenters. The number of hydrogen-bond acceptors (Lipinski definition) is 6. The molecule has 0 aliphatic carbocycles. The van der Waals surface area contributed by atoms with Gasteiger partial charge in [0.15, 0.2) is 6.61 Å². The highest BCUT2D eigenvalue weighted by Gasteiger charge is 2.29. The number of carbonyl (C=O) groups is 1. The standard InChI is InChI=1S/C29H30F3N3O4/c30-29(31,32)25-5-1-23(2-6-25)19-39-35-27(24-9-13-33-14-10-24)17-21-3-7-26(8-4-21)38-20-28(36)34-18-22-11-15-37-16-12-22/h1-10,13-14,22H,11-12,15-20H2,(H,34,36).